The molecule has 1 aromatic heterocycles. The highest BCUT2D eigenvalue weighted by atomic mass is 16.3. The van der Waals surface area contributed by atoms with Gasteiger partial charge >= 0.3 is 0 Å². The van der Waals surface area contributed by atoms with Crippen molar-refractivity contribution in [3.05, 3.63) is 51.9 Å². The topological polar surface area (TPSA) is 59.2 Å². The van der Waals surface area contributed by atoms with Gasteiger partial charge in [-0.25, -0.2) is 4.68 Å². The fourth-order valence-electron chi connectivity index (χ4n) is 2.86. The average molecular weight is 317 g/mol. The van der Waals surface area contributed by atoms with E-state index < -0.39 is 0 Å². The molecule has 0 aliphatic heterocycles. The maximum atomic E-state index is 12.7. The highest BCUT2D eigenvalue weighted by Crippen LogP contribution is 2.11. The molecule has 0 radical (unpaired) electrons. The van der Waals surface area contributed by atoms with Gasteiger partial charge in [0.1, 0.15) is 0 Å². The molecular formula is C18H27N3O2. The summed E-state index contributed by atoms with van der Waals surface area (Å²) in [5.41, 5.74) is 2.68. The molecule has 5 heteroatoms. The Morgan fingerprint density at radius 3 is 2.57 bits per heavy atom. The molecule has 2 aromatic rings. The van der Waals surface area contributed by atoms with Gasteiger partial charge in [0.05, 0.1) is 11.3 Å². The van der Waals surface area contributed by atoms with Crippen LogP contribution in [0, 0.1) is 12.8 Å². The molecule has 126 valence electrons. The van der Waals surface area contributed by atoms with Crippen molar-refractivity contribution in [2.24, 2.45) is 13.0 Å². The first kappa shape index (κ1) is 17.5. The van der Waals surface area contributed by atoms with Gasteiger partial charge in [0.25, 0.3) is 5.56 Å². The van der Waals surface area contributed by atoms with Gasteiger partial charge in [0, 0.05) is 25.9 Å². The Hall–Kier alpha value is -1.85. The molecule has 0 saturated carbocycles. The molecule has 2 N–H and O–H groups in total. The lowest BCUT2D eigenvalue weighted by Crippen LogP contribution is -2.27. The molecule has 1 heterocycles. The molecule has 1 unspecified atom stereocenters. The number of nitrogens with one attached hydrogen (secondary N) is 1. The number of hydrogen-bond donors (Lipinski definition) is 2. The standard InChI is InChI=1S/C18H27N3O2/c1-4-15(10-11-22)12-19-13-17-14(2)20(3)21(18(17)23)16-8-6-5-7-9-16/h5-9,15,19,22H,4,10-13H2,1-3H3. The Labute approximate surface area is 137 Å². The third-order valence-electron chi connectivity index (χ3n) is 4.52. The predicted octanol–water partition coefficient (Wildman–Crippen LogP) is 1.98. The van der Waals surface area contributed by atoms with E-state index in [4.69, 9.17) is 5.11 Å². The van der Waals surface area contributed by atoms with Crippen molar-refractivity contribution >= 4 is 0 Å². The molecule has 5 nitrogen and oxygen atoms in total. The maximum Gasteiger partial charge on any atom is 0.276 e. The van der Waals surface area contributed by atoms with Gasteiger partial charge in [-0.3, -0.25) is 9.48 Å². The van der Waals surface area contributed by atoms with Crippen LogP contribution in [0.5, 0.6) is 0 Å². The van der Waals surface area contributed by atoms with Crippen LogP contribution < -0.4 is 10.9 Å². The minimum atomic E-state index is 0.0268. The van der Waals surface area contributed by atoms with Crippen molar-refractivity contribution in [1.82, 2.24) is 14.7 Å². The second-order valence-corrected chi connectivity index (χ2v) is 5.96. The Morgan fingerprint density at radius 1 is 1.26 bits per heavy atom. The summed E-state index contributed by atoms with van der Waals surface area (Å²) in [6, 6.07) is 9.68. The van der Waals surface area contributed by atoms with Crippen LogP contribution in [0.4, 0.5) is 0 Å². The summed E-state index contributed by atoms with van der Waals surface area (Å²) in [5, 5.41) is 12.4. The van der Waals surface area contributed by atoms with Crippen LogP contribution in [0.25, 0.3) is 5.69 Å². The Bertz CT molecular complexity index is 674. The van der Waals surface area contributed by atoms with E-state index in [1.807, 2.05) is 49.0 Å². The molecule has 0 fully saturated rings. The van der Waals surface area contributed by atoms with E-state index in [1.165, 1.54) is 0 Å². The molecule has 0 amide bonds. The quantitative estimate of drug-likeness (QED) is 0.783. The molecule has 0 spiro atoms. The van der Waals surface area contributed by atoms with Gasteiger partial charge in [-0.05, 0) is 37.9 Å². The zero-order valence-corrected chi connectivity index (χ0v) is 14.2. The first-order chi connectivity index (χ1) is 11.1. The third kappa shape index (κ3) is 3.92. The van der Waals surface area contributed by atoms with Gasteiger partial charge in [0.2, 0.25) is 0 Å². The van der Waals surface area contributed by atoms with E-state index in [0.717, 1.165) is 36.3 Å². The molecule has 2 rings (SSSR count). The minimum Gasteiger partial charge on any atom is -0.396 e. The second-order valence-electron chi connectivity index (χ2n) is 5.96. The smallest absolute Gasteiger partial charge is 0.276 e. The monoisotopic (exact) mass is 317 g/mol. The van der Waals surface area contributed by atoms with E-state index in [-0.39, 0.29) is 12.2 Å². The molecule has 0 aliphatic rings. The molecule has 1 atom stereocenters. The van der Waals surface area contributed by atoms with E-state index in [0.29, 0.717) is 12.5 Å². The first-order valence-corrected chi connectivity index (χ1v) is 8.24. The van der Waals surface area contributed by atoms with Gasteiger partial charge in [-0.15, -0.1) is 0 Å². The van der Waals surface area contributed by atoms with Crippen molar-refractivity contribution in [2.75, 3.05) is 13.2 Å². The zero-order chi connectivity index (χ0) is 16.8. The van der Waals surface area contributed by atoms with E-state index in [9.17, 15) is 4.79 Å². The van der Waals surface area contributed by atoms with Crippen molar-refractivity contribution in [2.45, 2.75) is 33.2 Å². The predicted molar refractivity (Wildman–Crippen MR) is 92.9 cm³/mol. The molecule has 0 aliphatic carbocycles. The number of rotatable bonds is 8. The Balaban J connectivity index is 2.16. The van der Waals surface area contributed by atoms with Crippen LogP contribution in [0.3, 0.4) is 0 Å². The van der Waals surface area contributed by atoms with Crippen molar-refractivity contribution in [3.63, 3.8) is 0 Å². The highest BCUT2D eigenvalue weighted by molar-refractivity contribution is 5.33. The van der Waals surface area contributed by atoms with E-state index >= 15 is 0 Å². The van der Waals surface area contributed by atoms with Gasteiger partial charge < -0.3 is 10.4 Å². The fraction of sp³-hybridized carbons (Fsp3) is 0.500. The van der Waals surface area contributed by atoms with Crippen LogP contribution in [0.15, 0.2) is 35.1 Å². The number of para-hydroxylation sites is 1. The Morgan fingerprint density at radius 2 is 1.96 bits per heavy atom. The van der Waals surface area contributed by atoms with Crippen molar-refractivity contribution in [3.8, 4) is 5.69 Å². The third-order valence-corrected chi connectivity index (χ3v) is 4.52. The van der Waals surface area contributed by atoms with E-state index in [1.54, 1.807) is 4.68 Å². The number of aromatic nitrogens is 2. The molecule has 0 saturated heterocycles. The normalized spacial score (nSPS) is 12.5. The van der Waals surface area contributed by atoms with Gasteiger partial charge in [0.15, 0.2) is 0 Å². The van der Waals surface area contributed by atoms with Crippen LogP contribution >= 0.6 is 0 Å². The summed E-state index contributed by atoms with van der Waals surface area (Å²) in [7, 11) is 1.91. The summed E-state index contributed by atoms with van der Waals surface area (Å²) in [4.78, 5) is 12.7. The zero-order valence-electron chi connectivity index (χ0n) is 14.2. The van der Waals surface area contributed by atoms with E-state index in [2.05, 4.69) is 12.2 Å². The number of aliphatic hydroxyl groups is 1. The van der Waals surface area contributed by atoms with Crippen LogP contribution in [-0.4, -0.2) is 27.6 Å². The summed E-state index contributed by atoms with van der Waals surface area (Å²) in [6.45, 7) is 5.68. The Kier molecular flexibility index (Phi) is 6.19. The largest absolute Gasteiger partial charge is 0.396 e. The number of nitrogens with zero attached hydrogens (tertiary/aromatic N) is 2. The minimum absolute atomic E-state index is 0.0268. The number of benzene rings is 1. The first-order valence-electron chi connectivity index (χ1n) is 8.24. The van der Waals surface area contributed by atoms with Gasteiger partial charge in [-0.1, -0.05) is 31.5 Å². The van der Waals surface area contributed by atoms with Crippen LogP contribution in [0.2, 0.25) is 0 Å². The summed E-state index contributed by atoms with van der Waals surface area (Å²) < 4.78 is 3.61. The van der Waals surface area contributed by atoms with Crippen LogP contribution in [0.1, 0.15) is 31.0 Å². The summed E-state index contributed by atoms with van der Waals surface area (Å²) in [5.74, 6) is 0.445. The lowest BCUT2D eigenvalue weighted by molar-refractivity contribution is 0.251. The molecule has 1 aromatic carbocycles. The molecule has 23 heavy (non-hydrogen) atoms. The summed E-state index contributed by atoms with van der Waals surface area (Å²) >= 11 is 0. The molecular weight excluding hydrogens is 290 g/mol. The number of aliphatic hydroxyl groups excluding tert-OH is 1. The maximum absolute atomic E-state index is 12.7. The molecule has 0 bridgehead atoms. The number of hydrogen-bond acceptors (Lipinski definition) is 3. The van der Waals surface area contributed by atoms with Gasteiger partial charge in [-0.2, -0.15) is 0 Å². The highest BCUT2D eigenvalue weighted by Gasteiger charge is 2.16. The SMILES string of the molecule is CCC(CCO)CNCc1c(C)n(C)n(-c2ccccc2)c1=O. The van der Waals surface area contributed by atoms with Crippen molar-refractivity contribution < 1.29 is 5.11 Å². The lowest BCUT2D eigenvalue weighted by Gasteiger charge is -2.13. The average Bonchev–Trinajstić information content (AvgIpc) is 2.78. The second kappa shape index (κ2) is 8.13. The fourth-order valence-corrected chi connectivity index (χ4v) is 2.86. The summed E-state index contributed by atoms with van der Waals surface area (Å²) in [6.07, 6.45) is 1.82. The van der Waals surface area contributed by atoms with Crippen molar-refractivity contribution in [1.29, 1.82) is 0 Å². The lowest BCUT2D eigenvalue weighted by atomic mass is 10.0. The van der Waals surface area contributed by atoms with Crippen LogP contribution in [-0.2, 0) is 13.6 Å².